The van der Waals surface area contributed by atoms with Gasteiger partial charge in [0, 0.05) is 18.8 Å². The lowest BCUT2D eigenvalue weighted by Gasteiger charge is -2.16. The van der Waals surface area contributed by atoms with Crippen molar-refractivity contribution >= 4 is 34.6 Å². The van der Waals surface area contributed by atoms with E-state index in [1.807, 2.05) is 55.5 Å². The van der Waals surface area contributed by atoms with Crippen LogP contribution in [0.4, 0.5) is 5.69 Å². The second kappa shape index (κ2) is 8.90. The lowest BCUT2D eigenvalue weighted by molar-refractivity contribution is -0.129. The van der Waals surface area contributed by atoms with Gasteiger partial charge in [0.05, 0.1) is 29.5 Å². The number of carbonyl (C=O) groups is 2. The third-order valence-corrected chi connectivity index (χ3v) is 4.29. The first kappa shape index (κ1) is 19.2. The van der Waals surface area contributed by atoms with Gasteiger partial charge in [-0.05, 0) is 36.3 Å². The van der Waals surface area contributed by atoms with Gasteiger partial charge in [0.1, 0.15) is 0 Å². The fraction of sp³-hybridized carbons (Fsp3) is 0.182. The minimum atomic E-state index is -0.283. The average Bonchev–Trinajstić information content (AvgIpc) is 2.72. The Bertz CT molecular complexity index is 1030. The van der Waals surface area contributed by atoms with Crippen LogP contribution in [-0.2, 0) is 16.0 Å². The van der Waals surface area contributed by atoms with E-state index in [1.54, 1.807) is 19.3 Å². The zero-order chi connectivity index (χ0) is 19.9. The molecule has 2 aromatic carbocycles. The number of benzene rings is 2. The Balaban J connectivity index is 1.60. The molecule has 6 heteroatoms. The van der Waals surface area contributed by atoms with Gasteiger partial charge in [-0.2, -0.15) is 0 Å². The normalized spacial score (nSPS) is 10.9. The van der Waals surface area contributed by atoms with E-state index in [0.29, 0.717) is 5.69 Å². The largest absolute Gasteiger partial charge is 0.333 e. The van der Waals surface area contributed by atoms with Gasteiger partial charge in [0.15, 0.2) is 0 Å². The number of amides is 2. The Morgan fingerprint density at radius 2 is 1.79 bits per heavy atom. The number of aromatic nitrogens is 2. The number of carbonyl (C=O) groups excluding carboxylic acids is 2. The molecule has 1 heterocycles. The van der Waals surface area contributed by atoms with Gasteiger partial charge in [-0.1, -0.05) is 37.3 Å². The smallest absolute Gasteiger partial charge is 0.246 e. The molecule has 0 spiro atoms. The summed E-state index contributed by atoms with van der Waals surface area (Å²) in [5.74, 6) is -0.524. The van der Waals surface area contributed by atoms with E-state index in [-0.39, 0.29) is 18.4 Å². The van der Waals surface area contributed by atoms with Crippen molar-refractivity contribution in [1.82, 2.24) is 14.9 Å². The van der Waals surface area contributed by atoms with Gasteiger partial charge in [0.25, 0.3) is 0 Å². The van der Waals surface area contributed by atoms with Crippen LogP contribution in [0.5, 0.6) is 0 Å². The van der Waals surface area contributed by atoms with E-state index < -0.39 is 0 Å². The maximum atomic E-state index is 12.3. The second-order valence-electron chi connectivity index (χ2n) is 6.37. The summed E-state index contributed by atoms with van der Waals surface area (Å²) in [5.41, 5.74) is 3.98. The highest BCUT2D eigenvalue weighted by Crippen LogP contribution is 2.15. The first-order valence-corrected chi connectivity index (χ1v) is 9.09. The van der Waals surface area contributed by atoms with Crippen LogP contribution in [0.15, 0.2) is 60.8 Å². The van der Waals surface area contributed by atoms with Crippen LogP contribution in [-0.4, -0.2) is 40.3 Å². The van der Waals surface area contributed by atoms with E-state index in [0.717, 1.165) is 28.7 Å². The summed E-state index contributed by atoms with van der Waals surface area (Å²) >= 11 is 0. The van der Waals surface area contributed by atoms with E-state index in [9.17, 15) is 9.59 Å². The number of fused-ring (bicyclic) bond motifs is 1. The van der Waals surface area contributed by atoms with Crippen LogP contribution in [0.3, 0.4) is 0 Å². The van der Waals surface area contributed by atoms with Crippen molar-refractivity contribution in [3.05, 3.63) is 72.1 Å². The van der Waals surface area contributed by atoms with Gasteiger partial charge in [0.2, 0.25) is 11.8 Å². The van der Waals surface area contributed by atoms with Crippen molar-refractivity contribution in [2.24, 2.45) is 0 Å². The molecule has 0 aliphatic carbocycles. The summed E-state index contributed by atoms with van der Waals surface area (Å²) in [6.45, 7) is 1.99. The summed E-state index contributed by atoms with van der Waals surface area (Å²) in [6.07, 6.45) is 5.43. The molecule has 0 radical (unpaired) electrons. The monoisotopic (exact) mass is 374 g/mol. The summed E-state index contributed by atoms with van der Waals surface area (Å²) in [4.78, 5) is 34.7. The maximum Gasteiger partial charge on any atom is 0.246 e. The lowest BCUT2D eigenvalue weighted by atomic mass is 10.1. The molecule has 0 bridgehead atoms. The number of likely N-dealkylation sites (N-methyl/N-ethyl adjacent to an activating group) is 1. The standard InChI is InChI=1S/C22H22N4O2/c1-3-16-8-4-5-9-18(16)25-21(27)15-26(2)22(28)13-12-17-14-23-19-10-6-7-11-20(19)24-17/h4-14H,3,15H2,1-2H3,(H,25,27)/b13-12+. The SMILES string of the molecule is CCc1ccccc1NC(=O)CN(C)C(=O)/C=C/c1cnc2ccccc2n1. The van der Waals surface area contributed by atoms with Crippen molar-refractivity contribution in [2.75, 3.05) is 18.9 Å². The zero-order valence-electron chi connectivity index (χ0n) is 15.9. The number of anilines is 1. The lowest BCUT2D eigenvalue weighted by Crippen LogP contribution is -2.34. The number of para-hydroxylation sites is 3. The molecule has 0 saturated carbocycles. The van der Waals surface area contributed by atoms with Crippen LogP contribution < -0.4 is 5.32 Å². The van der Waals surface area contributed by atoms with Crippen LogP contribution in [0, 0.1) is 0 Å². The molecule has 1 N–H and O–H groups in total. The van der Waals surface area contributed by atoms with Gasteiger partial charge in [-0.3, -0.25) is 14.6 Å². The first-order chi connectivity index (χ1) is 13.6. The Hall–Kier alpha value is -3.54. The summed E-state index contributed by atoms with van der Waals surface area (Å²) in [7, 11) is 1.59. The van der Waals surface area contributed by atoms with E-state index in [2.05, 4.69) is 15.3 Å². The molecular formula is C22H22N4O2. The van der Waals surface area contributed by atoms with Gasteiger partial charge in [-0.15, -0.1) is 0 Å². The fourth-order valence-electron chi connectivity index (χ4n) is 2.77. The molecule has 1 aromatic heterocycles. The van der Waals surface area contributed by atoms with Crippen molar-refractivity contribution in [1.29, 1.82) is 0 Å². The number of rotatable bonds is 6. The summed E-state index contributed by atoms with van der Waals surface area (Å²) in [6, 6.07) is 15.2. The predicted molar refractivity (Wildman–Crippen MR) is 111 cm³/mol. The van der Waals surface area contributed by atoms with Crippen molar-refractivity contribution in [3.8, 4) is 0 Å². The quantitative estimate of drug-likeness (QED) is 0.672. The van der Waals surface area contributed by atoms with Crippen molar-refractivity contribution in [2.45, 2.75) is 13.3 Å². The Morgan fingerprint density at radius 1 is 1.07 bits per heavy atom. The number of hydrogen-bond acceptors (Lipinski definition) is 4. The van der Waals surface area contributed by atoms with Crippen LogP contribution in [0.1, 0.15) is 18.2 Å². The number of nitrogens with zero attached hydrogens (tertiary/aromatic N) is 3. The molecule has 0 aliphatic rings. The summed E-state index contributed by atoms with van der Waals surface area (Å²) in [5, 5.41) is 2.86. The Morgan fingerprint density at radius 3 is 2.57 bits per heavy atom. The van der Waals surface area contributed by atoms with E-state index in [4.69, 9.17) is 0 Å². The number of aryl methyl sites for hydroxylation is 1. The van der Waals surface area contributed by atoms with Crippen LogP contribution >= 0.6 is 0 Å². The number of hydrogen-bond donors (Lipinski definition) is 1. The Kier molecular flexibility index (Phi) is 6.11. The fourth-order valence-corrected chi connectivity index (χ4v) is 2.77. The van der Waals surface area contributed by atoms with E-state index in [1.165, 1.54) is 11.0 Å². The predicted octanol–water partition coefficient (Wildman–Crippen LogP) is 3.30. The molecule has 3 aromatic rings. The molecule has 0 atom stereocenters. The second-order valence-corrected chi connectivity index (χ2v) is 6.37. The third-order valence-electron chi connectivity index (χ3n) is 4.29. The summed E-state index contributed by atoms with van der Waals surface area (Å²) < 4.78 is 0. The van der Waals surface area contributed by atoms with Crippen molar-refractivity contribution < 1.29 is 9.59 Å². The Labute approximate surface area is 163 Å². The first-order valence-electron chi connectivity index (χ1n) is 9.09. The highest BCUT2D eigenvalue weighted by Gasteiger charge is 2.12. The third kappa shape index (κ3) is 4.79. The van der Waals surface area contributed by atoms with Gasteiger partial charge < -0.3 is 10.2 Å². The highest BCUT2D eigenvalue weighted by atomic mass is 16.2. The molecule has 0 saturated heterocycles. The maximum absolute atomic E-state index is 12.3. The molecule has 0 fully saturated rings. The van der Waals surface area contributed by atoms with Crippen LogP contribution in [0.2, 0.25) is 0 Å². The molecule has 0 unspecified atom stereocenters. The molecule has 6 nitrogen and oxygen atoms in total. The molecule has 3 rings (SSSR count). The average molecular weight is 374 g/mol. The van der Waals surface area contributed by atoms with Gasteiger partial charge in [-0.25, -0.2) is 4.98 Å². The molecule has 142 valence electrons. The van der Waals surface area contributed by atoms with Crippen molar-refractivity contribution in [3.63, 3.8) is 0 Å². The molecular weight excluding hydrogens is 352 g/mol. The minimum Gasteiger partial charge on any atom is -0.333 e. The molecule has 28 heavy (non-hydrogen) atoms. The molecule has 2 amide bonds. The topological polar surface area (TPSA) is 75.2 Å². The van der Waals surface area contributed by atoms with Crippen LogP contribution in [0.25, 0.3) is 17.1 Å². The van der Waals surface area contributed by atoms with Gasteiger partial charge >= 0.3 is 0 Å². The minimum absolute atomic E-state index is 0.0371. The van der Waals surface area contributed by atoms with E-state index >= 15 is 0 Å². The highest BCUT2D eigenvalue weighted by molar-refractivity contribution is 5.98. The zero-order valence-corrected chi connectivity index (χ0v) is 15.9. The molecule has 0 aliphatic heterocycles. The number of nitrogens with one attached hydrogen (secondary N) is 1.